The lowest BCUT2D eigenvalue weighted by Gasteiger charge is -2.12. The van der Waals surface area contributed by atoms with E-state index in [4.69, 9.17) is 17.4 Å². The Hall–Kier alpha value is -1.85. The molecule has 6 heteroatoms. The van der Waals surface area contributed by atoms with Gasteiger partial charge in [-0.1, -0.05) is 30.7 Å². The van der Waals surface area contributed by atoms with Crippen LogP contribution in [0.1, 0.15) is 18.1 Å². The summed E-state index contributed by atoms with van der Waals surface area (Å²) < 4.78 is 0. The molecule has 0 aliphatic rings. The van der Waals surface area contributed by atoms with E-state index in [0.717, 1.165) is 28.4 Å². The monoisotopic (exact) mass is 277 g/mol. The molecule has 0 aliphatic carbocycles. The number of benzene rings is 1. The van der Waals surface area contributed by atoms with Crippen LogP contribution in [0.15, 0.2) is 30.6 Å². The van der Waals surface area contributed by atoms with Crippen molar-refractivity contribution in [2.24, 2.45) is 5.84 Å². The first-order valence-electron chi connectivity index (χ1n) is 6.03. The lowest BCUT2D eigenvalue weighted by atomic mass is 10.2. The number of nitrogen functional groups attached to an aromatic ring is 1. The van der Waals surface area contributed by atoms with E-state index in [1.54, 1.807) is 0 Å². The first-order chi connectivity index (χ1) is 9.24. The molecular weight excluding hydrogens is 262 g/mol. The highest BCUT2D eigenvalue weighted by Crippen LogP contribution is 2.20. The maximum atomic E-state index is 5.85. The van der Waals surface area contributed by atoms with E-state index in [9.17, 15) is 0 Å². The molecular formula is C13H16ClN5. The van der Waals surface area contributed by atoms with Crippen LogP contribution < -0.4 is 16.6 Å². The molecule has 2 aromatic rings. The first kappa shape index (κ1) is 13.6. The zero-order chi connectivity index (χ0) is 13.7. The number of rotatable bonds is 5. The lowest BCUT2D eigenvalue weighted by molar-refractivity contribution is 1.00. The second-order valence-electron chi connectivity index (χ2n) is 4.03. The van der Waals surface area contributed by atoms with Crippen molar-refractivity contribution < 1.29 is 0 Å². The average molecular weight is 278 g/mol. The van der Waals surface area contributed by atoms with E-state index < -0.39 is 0 Å². The number of nitrogens with zero attached hydrogens (tertiary/aromatic N) is 2. The highest BCUT2D eigenvalue weighted by Gasteiger charge is 2.08. The van der Waals surface area contributed by atoms with Crippen molar-refractivity contribution in [1.82, 2.24) is 9.97 Å². The molecule has 100 valence electrons. The van der Waals surface area contributed by atoms with Crippen LogP contribution in [0.3, 0.4) is 0 Å². The summed E-state index contributed by atoms with van der Waals surface area (Å²) in [6.45, 7) is 2.71. The highest BCUT2D eigenvalue weighted by molar-refractivity contribution is 6.30. The van der Waals surface area contributed by atoms with Crippen molar-refractivity contribution in [2.75, 3.05) is 10.7 Å². The minimum Gasteiger partial charge on any atom is -0.366 e. The Kier molecular flexibility index (Phi) is 4.54. The SMILES string of the molecule is CCc1c(NN)ncnc1NCc1ccc(Cl)cc1. The number of hydrogen-bond donors (Lipinski definition) is 3. The third-order valence-corrected chi connectivity index (χ3v) is 3.06. The average Bonchev–Trinajstić information content (AvgIpc) is 2.46. The van der Waals surface area contributed by atoms with Crippen molar-refractivity contribution >= 4 is 23.2 Å². The van der Waals surface area contributed by atoms with Crippen molar-refractivity contribution in [3.63, 3.8) is 0 Å². The Morgan fingerprint density at radius 3 is 2.47 bits per heavy atom. The van der Waals surface area contributed by atoms with Gasteiger partial charge >= 0.3 is 0 Å². The Morgan fingerprint density at radius 1 is 1.16 bits per heavy atom. The van der Waals surface area contributed by atoms with E-state index in [1.807, 2.05) is 31.2 Å². The number of aromatic nitrogens is 2. The Bertz CT molecular complexity index is 541. The molecule has 19 heavy (non-hydrogen) atoms. The van der Waals surface area contributed by atoms with Crippen molar-refractivity contribution in [3.8, 4) is 0 Å². The zero-order valence-electron chi connectivity index (χ0n) is 10.7. The minimum absolute atomic E-state index is 0.649. The second-order valence-corrected chi connectivity index (χ2v) is 4.46. The maximum Gasteiger partial charge on any atom is 0.148 e. The molecule has 0 aliphatic heterocycles. The van der Waals surface area contributed by atoms with Crippen molar-refractivity contribution in [1.29, 1.82) is 0 Å². The van der Waals surface area contributed by atoms with Crippen molar-refractivity contribution in [2.45, 2.75) is 19.9 Å². The van der Waals surface area contributed by atoms with E-state index in [2.05, 4.69) is 20.7 Å². The third-order valence-electron chi connectivity index (χ3n) is 2.81. The summed E-state index contributed by atoms with van der Waals surface area (Å²) in [6, 6.07) is 7.69. The minimum atomic E-state index is 0.649. The van der Waals surface area contributed by atoms with Gasteiger partial charge in [0.25, 0.3) is 0 Å². The molecule has 5 nitrogen and oxygen atoms in total. The van der Waals surface area contributed by atoms with Gasteiger partial charge in [0, 0.05) is 17.1 Å². The summed E-state index contributed by atoms with van der Waals surface area (Å²) in [7, 11) is 0. The van der Waals surface area contributed by atoms with Gasteiger partial charge in [-0.3, -0.25) is 0 Å². The molecule has 4 N–H and O–H groups in total. The van der Waals surface area contributed by atoms with Gasteiger partial charge in [-0.25, -0.2) is 15.8 Å². The molecule has 0 bridgehead atoms. The topological polar surface area (TPSA) is 75.9 Å². The molecule has 0 saturated carbocycles. The van der Waals surface area contributed by atoms with Gasteiger partial charge in [-0.2, -0.15) is 0 Å². The van der Waals surface area contributed by atoms with Gasteiger partial charge in [0.05, 0.1) is 0 Å². The molecule has 0 radical (unpaired) electrons. The van der Waals surface area contributed by atoms with Crippen LogP contribution in [-0.2, 0) is 13.0 Å². The molecule has 0 unspecified atom stereocenters. The first-order valence-corrected chi connectivity index (χ1v) is 6.41. The lowest BCUT2D eigenvalue weighted by Crippen LogP contribution is -2.14. The number of halogens is 1. The highest BCUT2D eigenvalue weighted by atomic mass is 35.5. The van der Waals surface area contributed by atoms with E-state index in [-0.39, 0.29) is 0 Å². The number of nitrogens with one attached hydrogen (secondary N) is 2. The fraction of sp³-hybridized carbons (Fsp3) is 0.231. The molecule has 0 spiro atoms. The molecule has 0 atom stereocenters. The Morgan fingerprint density at radius 2 is 1.84 bits per heavy atom. The quantitative estimate of drug-likeness (QED) is 0.578. The summed E-state index contributed by atoms with van der Waals surface area (Å²) in [5.74, 6) is 6.88. The smallest absolute Gasteiger partial charge is 0.148 e. The predicted molar refractivity (Wildman–Crippen MR) is 78.0 cm³/mol. The van der Waals surface area contributed by atoms with Crippen LogP contribution in [0.2, 0.25) is 5.02 Å². The maximum absolute atomic E-state index is 5.85. The fourth-order valence-electron chi connectivity index (χ4n) is 1.81. The molecule has 1 aromatic heterocycles. The molecule has 0 saturated heterocycles. The standard InChI is InChI=1S/C13H16ClN5/c1-2-11-12(17-8-18-13(11)19-15)16-7-9-3-5-10(14)6-4-9/h3-6,8H,2,7,15H2,1H3,(H2,16,17,18,19). The van der Waals surface area contributed by atoms with Crippen LogP contribution in [0.25, 0.3) is 0 Å². The van der Waals surface area contributed by atoms with Crippen LogP contribution in [-0.4, -0.2) is 9.97 Å². The van der Waals surface area contributed by atoms with Gasteiger partial charge in [-0.05, 0) is 24.1 Å². The van der Waals surface area contributed by atoms with Crippen LogP contribution in [0.4, 0.5) is 11.6 Å². The molecule has 2 rings (SSSR count). The van der Waals surface area contributed by atoms with Gasteiger partial charge in [0.1, 0.15) is 18.0 Å². The number of hydrogen-bond acceptors (Lipinski definition) is 5. The predicted octanol–water partition coefficient (Wildman–Crippen LogP) is 2.59. The summed E-state index contributed by atoms with van der Waals surface area (Å²) in [5, 5.41) is 4.02. The second kappa shape index (κ2) is 6.36. The van der Waals surface area contributed by atoms with Gasteiger partial charge < -0.3 is 10.7 Å². The Labute approximate surface area is 117 Å². The van der Waals surface area contributed by atoms with Gasteiger partial charge in [0.15, 0.2) is 0 Å². The molecule has 0 fully saturated rings. The van der Waals surface area contributed by atoms with Gasteiger partial charge in [-0.15, -0.1) is 0 Å². The molecule has 1 heterocycles. The normalized spacial score (nSPS) is 10.3. The summed E-state index contributed by atoms with van der Waals surface area (Å²) in [6.07, 6.45) is 2.28. The van der Waals surface area contributed by atoms with Crippen molar-refractivity contribution in [3.05, 3.63) is 46.7 Å². The zero-order valence-corrected chi connectivity index (χ0v) is 11.4. The summed E-state index contributed by atoms with van der Waals surface area (Å²) in [5.41, 5.74) is 4.69. The number of nitrogens with two attached hydrogens (primary N) is 1. The van der Waals surface area contributed by atoms with Crippen LogP contribution in [0, 0.1) is 0 Å². The van der Waals surface area contributed by atoms with Gasteiger partial charge in [0.2, 0.25) is 0 Å². The summed E-state index contributed by atoms with van der Waals surface area (Å²) in [4.78, 5) is 8.34. The largest absolute Gasteiger partial charge is 0.366 e. The fourth-order valence-corrected chi connectivity index (χ4v) is 1.94. The molecule has 1 aromatic carbocycles. The Balaban J connectivity index is 2.13. The van der Waals surface area contributed by atoms with Crippen LogP contribution >= 0.6 is 11.6 Å². The third kappa shape index (κ3) is 3.33. The van der Waals surface area contributed by atoms with E-state index in [1.165, 1.54) is 6.33 Å². The number of hydrazine groups is 1. The summed E-state index contributed by atoms with van der Waals surface area (Å²) >= 11 is 5.85. The van der Waals surface area contributed by atoms with E-state index in [0.29, 0.717) is 12.4 Å². The molecule has 0 amide bonds. The van der Waals surface area contributed by atoms with Crippen LogP contribution in [0.5, 0.6) is 0 Å². The van der Waals surface area contributed by atoms with E-state index >= 15 is 0 Å². The number of anilines is 2.